The largest absolute Gasteiger partial charge is 0.351 e. The van der Waals surface area contributed by atoms with E-state index in [0.717, 1.165) is 24.8 Å². The molecule has 8 nitrogen and oxygen atoms in total. The molecular weight excluding hydrogens is 332 g/mol. The molecule has 9 heteroatoms. The molecule has 0 bridgehead atoms. The average molecular weight is 352 g/mol. The van der Waals surface area contributed by atoms with E-state index >= 15 is 0 Å². The zero-order valence-electron chi connectivity index (χ0n) is 13.7. The van der Waals surface area contributed by atoms with Gasteiger partial charge in [-0.2, -0.15) is 5.10 Å². The van der Waals surface area contributed by atoms with Crippen LogP contribution in [0.25, 0.3) is 0 Å². The summed E-state index contributed by atoms with van der Waals surface area (Å²) in [5.41, 5.74) is 1.31. The Kier molecular flexibility index (Phi) is 4.44. The van der Waals surface area contributed by atoms with Crippen molar-refractivity contribution in [2.75, 3.05) is 19.3 Å². The van der Waals surface area contributed by atoms with Gasteiger partial charge in [-0.05, 0) is 19.3 Å². The number of piperidine rings is 1. The molecule has 1 saturated heterocycles. The molecule has 2 aromatic rings. The fourth-order valence-corrected chi connectivity index (χ4v) is 3.86. The van der Waals surface area contributed by atoms with Crippen molar-refractivity contribution in [1.29, 1.82) is 0 Å². The van der Waals surface area contributed by atoms with Crippen molar-refractivity contribution in [3.8, 4) is 0 Å². The fourth-order valence-electron chi connectivity index (χ4n) is 3.01. The zero-order valence-corrected chi connectivity index (χ0v) is 14.5. The number of nitrogens with one attached hydrogen (secondary N) is 1. The number of carbonyl (C=O) groups is 1. The standard InChI is InChI=1S/C15H20N4O4S/c1-3-11-7-12(23-18-11)15(20)19-6-4-5-10(9-19)14-13(8-16-17-14)24(2,21)22/h7-8,10H,3-6,9H2,1-2H3,(H,16,17)/t10-/m0/s1. The summed E-state index contributed by atoms with van der Waals surface area (Å²) < 4.78 is 28.8. The van der Waals surface area contributed by atoms with Crippen LogP contribution in [-0.4, -0.2) is 53.9 Å². The predicted octanol–water partition coefficient (Wildman–Crippen LogP) is 1.38. The zero-order chi connectivity index (χ0) is 17.3. The molecule has 3 heterocycles. The molecular formula is C15H20N4O4S. The van der Waals surface area contributed by atoms with Crippen molar-refractivity contribution in [2.24, 2.45) is 0 Å². The maximum Gasteiger partial charge on any atom is 0.292 e. The van der Waals surface area contributed by atoms with Gasteiger partial charge in [0.1, 0.15) is 4.90 Å². The summed E-state index contributed by atoms with van der Waals surface area (Å²) in [4.78, 5) is 14.5. The van der Waals surface area contributed by atoms with E-state index in [4.69, 9.17) is 4.52 Å². The van der Waals surface area contributed by atoms with Crippen LogP contribution in [0.1, 0.15) is 47.6 Å². The Morgan fingerprint density at radius 2 is 2.29 bits per heavy atom. The maximum atomic E-state index is 12.6. The second kappa shape index (κ2) is 6.39. The number of hydrogen-bond donors (Lipinski definition) is 1. The van der Waals surface area contributed by atoms with E-state index in [1.54, 1.807) is 11.0 Å². The van der Waals surface area contributed by atoms with Gasteiger partial charge in [-0.25, -0.2) is 8.42 Å². The van der Waals surface area contributed by atoms with Crippen LogP contribution in [0.4, 0.5) is 0 Å². The Bertz CT molecular complexity index is 839. The lowest BCUT2D eigenvalue weighted by Gasteiger charge is -2.31. The molecule has 2 aromatic heterocycles. The van der Waals surface area contributed by atoms with Crippen molar-refractivity contribution in [3.05, 3.63) is 29.4 Å². The van der Waals surface area contributed by atoms with Gasteiger partial charge in [-0.1, -0.05) is 12.1 Å². The van der Waals surface area contributed by atoms with Crippen LogP contribution in [0, 0.1) is 0 Å². The number of sulfone groups is 1. The summed E-state index contributed by atoms with van der Waals surface area (Å²) in [6.07, 6.45) is 4.77. The van der Waals surface area contributed by atoms with E-state index in [-0.39, 0.29) is 22.5 Å². The lowest BCUT2D eigenvalue weighted by atomic mass is 9.94. The third kappa shape index (κ3) is 3.21. The van der Waals surface area contributed by atoms with Crippen LogP contribution in [0.2, 0.25) is 0 Å². The molecule has 3 rings (SSSR count). The van der Waals surface area contributed by atoms with E-state index in [2.05, 4.69) is 15.4 Å². The fraction of sp³-hybridized carbons (Fsp3) is 0.533. The second-order valence-corrected chi connectivity index (χ2v) is 8.03. The van der Waals surface area contributed by atoms with Crippen LogP contribution in [-0.2, 0) is 16.3 Å². The molecule has 0 aromatic carbocycles. The molecule has 1 amide bonds. The number of H-pyrrole nitrogens is 1. The van der Waals surface area contributed by atoms with E-state index < -0.39 is 9.84 Å². The molecule has 130 valence electrons. The second-order valence-electron chi connectivity index (χ2n) is 6.05. The van der Waals surface area contributed by atoms with Crippen LogP contribution < -0.4 is 0 Å². The van der Waals surface area contributed by atoms with Crippen LogP contribution in [0.5, 0.6) is 0 Å². The Morgan fingerprint density at radius 3 is 2.96 bits per heavy atom. The molecule has 0 spiro atoms. The minimum Gasteiger partial charge on any atom is -0.351 e. The molecule has 1 aliphatic heterocycles. The molecule has 0 aliphatic carbocycles. The van der Waals surface area contributed by atoms with Crippen molar-refractivity contribution in [1.82, 2.24) is 20.3 Å². The number of carbonyl (C=O) groups excluding carboxylic acids is 1. The Hall–Kier alpha value is -2.16. The summed E-state index contributed by atoms with van der Waals surface area (Å²) in [6, 6.07) is 1.66. The first kappa shape index (κ1) is 16.7. The molecule has 24 heavy (non-hydrogen) atoms. The Morgan fingerprint density at radius 1 is 1.50 bits per heavy atom. The molecule has 1 aliphatic rings. The van der Waals surface area contributed by atoms with Crippen molar-refractivity contribution in [2.45, 2.75) is 37.0 Å². The first-order chi connectivity index (χ1) is 11.4. The normalized spacial score (nSPS) is 18.8. The lowest BCUT2D eigenvalue weighted by molar-refractivity contribution is 0.0663. The highest BCUT2D eigenvalue weighted by molar-refractivity contribution is 7.90. The third-order valence-electron chi connectivity index (χ3n) is 4.28. The van der Waals surface area contributed by atoms with Gasteiger partial charge in [0.15, 0.2) is 9.84 Å². The van der Waals surface area contributed by atoms with E-state index in [1.807, 2.05) is 6.92 Å². The number of aromatic nitrogens is 3. The van der Waals surface area contributed by atoms with Crippen molar-refractivity contribution < 1.29 is 17.7 Å². The molecule has 0 radical (unpaired) electrons. The van der Waals surface area contributed by atoms with Crippen LogP contribution in [0.15, 0.2) is 21.7 Å². The molecule has 1 fully saturated rings. The SMILES string of the molecule is CCc1cc(C(=O)N2CCC[C@H](c3[nH]ncc3S(C)(=O)=O)C2)on1. The number of hydrogen-bond acceptors (Lipinski definition) is 6. The molecule has 1 atom stereocenters. The van der Waals surface area contributed by atoms with Gasteiger partial charge in [0.05, 0.1) is 17.6 Å². The minimum atomic E-state index is -3.36. The van der Waals surface area contributed by atoms with Crippen LogP contribution in [0.3, 0.4) is 0 Å². The first-order valence-corrected chi connectivity index (χ1v) is 9.77. The van der Waals surface area contributed by atoms with Gasteiger partial charge >= 0.3 is 0 Å². The van der Waals surface area contributed by atoms with E-state index in [0.29, 0.717) is 25.2 Å². The number of rotatable bonds is 4. The van der Waals surface area contributed by atoms with Gasteiger partial charge in [0.2, 0.25) is 5.76 Å². The highest BCUT2D eigenvalue weighted by Gasteiger charge is 2.31. The van der Waals surface area contributed by atoms with Gasteiger partial charge in [-0.3, -0.25) is 9.89 Å². The minimum absolute atomic E-state index is 0.0940. The van der Waals surface area contributed by atoms with Gasteiger partial charge in [-0.15, -0.1) is 0 Å². The maximum absolute atomic E-state index is 12.6. The number of likely N-dealkylation sites (tertiary alicyclic amines) is 1. The van der Waals surface area contributed by atoms with Crippen molar-refractivity contribution >= 4 is 15.7 Å². The summed E-state index contributed by atoms with van der Waals surface area (Å²) in [5, 5.41) is 10.5. The molecule has 0 saturated carbocycles. The Labute approximate surface area is 140 Å². The molecule has 0 unspecified atom stereocenters. The summed E-state index contributed by atoms with van der Waals surface area (Å²) in [7, 11) is -3.36. The quantitative estimate of drug-likeness (QED) is 0.890. The third-order valence-corrected chi connectivity index (χ3v) is 5.40. The Balaban J connectivity index is 1.80. The lowest BCUT2D eigenvalue weighted by Crippen LogP contribution is -2.39. The number of aromatic amines is 1. The molecule has 1 N–H and O–H groups in total. The highest BCUT2D eigenvalue weighted by Crippen LogP contribution is 2.30. The van der Waals surface area contributed by atoms with Crippen molar-refractivity contribution in [3.63, 3.8) is 0 Å². The first-order valence-electron chi connectivity index (χ1n) is 7.88. The van der Waals surface area contributed by atoms with E-state index in [1.165, 1.54) is 6.20 Å². The average Bonchev–Trinajstić information content (AvgIpc) is 3.23. The predicted molar refractivity (Wildman–Crippen MR) is 85.5 cm³/mol. The number of amides is 1. The summed E-state index contributed by atoms with van der Waals surface area (Å²) >= 11 is 0. The smallest absolute Gasteiger partial charge is 0.292 e. The topological polar surface area (TPSA) is 109 Å². The number of nitrogens with zero attached hydrogens (tertiary/aromatic N) is 3. The highest BCUT2D eigenvalue weighted by atomic mass is 32.2. The monoisotopic (exact) mass is 352 g/mol. The van der Waals surface area contributed by atoms with Gasteiger partial charge in [0, 0.05) is 31.3 Å². The van der Waals surface area contributed by atoms with E-state index in [9.17, 15) is 13.2 Å². The summed E-state index contributed by atoms with van der Waals surface area (Å²) in [6.45, 7) is 2.97. The van der Waals surface area contributed by atoms with Gasteiger partial charge < -0.3 is 9.42 Å². The van der Waals surface area contributed by atoms with Crippen LogP contribution >= 0.6 is 0 Å². The number of aryl methyl sites for hydroxylation is 1. The summed E-state index contributed by atoms with van der Waals surface area (Å²) in [5.74, 6) is -0.0868. The van der Waals surface area contributed by atoms with Gasteiger partial charge in [0.25, 0.3) is 5.91 Å².